The molecule has 5 rings (SSSR count). The number of likely N-dealkylation sites (N-methyl/N-ethyl adjacent to an activating group) is 1. The molecule has 1 fully saturated rings. The van der Waals surface area contributed by atoms with Crippen molar-refractivity contribution in [3.05, 3.63) is 88.5 Å². The molecule has 0 spiro atoms. The molecule has 12 heteroatoms. The number of amides is 2. The predicted molar refractivity (Wildman–Crippen MR) is 157 cm³/mol. The highest BCUT2D eigenvalue weighted by molar-refractivity contribution is 6.03. The van der Waals surface area contributed by atoms with Crippen LogP contribution in [0.5, 0.6) is 11.5 Å². The van der Waals surface area contributed by atoms with Crippen molar-refractivity contribution in [2.75, 3.05) is 62.7 Å². The molecule has 1 N–H and O–H groups in total. The van der Waals surface area contributed by atoms with Crippen molar-refractivity contribution in [3.63, 3.8) is 0 Å². The van der Waals surface area contributed by atoms with Gasteiger partial charge in [0.05, 0.1) is 36.9 Å². The van der Waals surface area contributed by atoms with E-state index in [1.165, 1.54) is 66.3 Å². The van der Waals surface area contributed by atoms with Gasteiger partial charge in [0.25, 0.3) is 5.56 Å². The van der Waals surface area contributed by atoms with E-state index in [1.807, 2.05) is 12.1 Å². The minimum Gasteiger partial charge on any atom is -0.497 e. The van der Waals surface area contributed by atoms with Gasteiger partial charge in [-0.3, -0.25) is 9.69 Å². The van der Waals surface area contributed by atoms with Crippen LogP contribution < -0.4 is 30.3 Å². The number of nitrogens with one attached hydrogen (secondary N) is 1. The van der Waals surface area contributed by atoms with Crippen LogP contribution in [0.4, 0.5) is 25.0 Å². The number of nitrogens with zero attached hydrogens (tertiary/aromatic N) is 5. The van der Waals surface area contributed by atoms with Crippen LogP contribution in [0, 0.1) is 11.6 Å². The number of anilines is 2. The summed E-state index contributed by atoms with van der Waals surface area (Å²) in [6, 6.07) is 12.7. The van der Waals surface area contributed by atoms with Crippen LogP contribution in [0.15, 0.2) is 65.5 Å². The van der Waals surface area contributed by atoms with E-state index in [4.69, 9.17) is 14.5 Å². The van der Waals surface area contributed by atoms with E-state index in [-0.39, 0.29) is 22.3 Å². The molecule has 1 atom stereocenters. The number of carbonyl (C=O) groups is 1. The number of ether oxygens (including phenoxy) is 2. The summed E-state index contributed by atoms with van der Waals surface area (Å²) in [6.07, 6.45) is 0. The maximum Gasteiger partial charge on any atom is 0.327 e. The smallest absolute Gasteiger partial charge is 0.327 e. The Labute approximate surface area is 241 Å². The zero-order valence-electron chi connectivity index (χ0n) is 23.8. The van der Waals surface area contributed by atoms with Gasteiger partial charge in [-0.1, -0.05) is 0 Å². The standard InChI is InChI=1S/C30H32F2N6O4/c1-19(28-34-25-17-21(32)7-11-24(25)29(39)38(28)36-15-13-35(2)14-16-36)37(26-12-10-23(41-3)18-27(26)42-4)30(40)33-22-8-5-20(31)6-9-22/h5-12,17-19H,13-16H2,1-4H3,(H,33,40)/t19-/m1/s1. The van der Waals surface area contributed by atoms with Crippen molar-refractivity contribution in [1.29, 1.82) is 0 Å². The van der Waals surface area contributed by atoms with E-state index in [0.29, 0.717) is 49.1 Å². The van der Waals surface area contributed by atoms with Crippen LogP contribution in [-0.4, -0.2) is 68.0 Å². The predicted octanol–water partition coefficient (Wildman–Crippen LogP) is 4.38. The third-order valence-corrected chi connectivity index (χ3v) is 7.32. The van der Waals surface area contributed by atoms with Crippen molar-refractivity contribution < 1.29 is 23.0 Å². The second kappa shape index (κ2) is 12.0. The van der Waals surface area contributed by atoms with Gasteiger partial charge >= 0.3 is 6.03 Å². The zero-order valence-corrected chi connectivity index (χ0v) is 23.8. The summed E-state index contributed by atoms with van der Waals surface area (Å²) in [5, 5.41) is 4.96. The average molecular weight is 579 g/mol. The number of halogens is 2. The number of benzene rings is 3. The van der Waals surface area contributed by atoms with Gasteiger partial charge in [0.2, 0.25) is 0 Å². The van der Waals surface area contributed by atoms with Crippen LogP contribution in [-0.2, 0) is 0 Å². The zero-order chi connectivity index (χ0) is 30.0. The Morgan fingerprint density at radius 1 is 0.952 bits per heavy atom. The Bertz CT molecular complexity index is 1650. The van der Waals surface area contributed by atoms with Crippen molar-refractivity contribution in [3.8, 4) is 11.5 Å². The largest absolute Gasteiger partial charge is 0.497 e. The normalized spacial score (nSPS) is 14.5. The van der Waals surface area contributed by atoms with Crippen molar-refractivity contribution >= 4 is 28.3 Å². The number of methoxy groups -OCH3 is 2. The minimum atomic E-state index is -0.868. The molecule has 2 amide bonds. The van der Waals surface area contributed by atoms with E-state index < -0.39 is 23.7 Å². The number of aromatic nitrogens is 2. The number of fused-ring (bicyclic) bond motifs is 1. The average Bonchev–Trinajstić information content (AvgIpc) is 2.99. The van der Waals surface area contributed by atoms with Crippen LogP contribution in [0.1, 0.15) is 18.8 Å². The summed E-state index contributed by atoms with van der Waals surface area (Å²) >= 11 is 0. The molecular formula is C30H32F2N6O4. The molecule has 42 heavy (non-hydrogen) atoms. The van der Waals surface area contributed by atoms with Gasteiger partial charge in [-0.15, -0.1) is 0 Å². The van der Waals surface area contributed by atoms with Crippen molar-refractivity contribution in [2.24, 2.45) is 0 Å². The maximum absolute atomic E-state index is 14.3. The number of hydrogen-bond acceptors (Lipinski definition) is 7. The monoisotopic (exact) mass is 578 g/mol. The Hall–Kier alpha value is -4.71. The Morgan fingerprint density at radius 2 is 1.64 bits per heavy atom. The highest BCUT2D eigenvalue weighted by Crippen LogP contribution is 2.37. The van der Waals surface area contributed by atoms with Gasteiger partial charge in [-0.2, -0.15) is 0 Å². The minimum absolute atomic E-state index is 0.174. The molecule has 0 radical (unpaired) electrons. The fourth-order valence-corrected chi connectivity index (χ4v) is 5.02. The lowest BCUT2D eigenvalue weighted by Gasteiger charge is -2.38. The molecule has 1 aromatic heterocycles. The lowest BCUT2D eigenvalue weighted by atomic mass is 10.1. The maximum atomic E-state index is 14.3. The number of rotatable bonds is 7. The highest BCUT2D eigenvalue weighted by atomic mass is 19.1. The fraction of sp³-hybridized carbons (Fsp3) is 0.300. The lowest BCUT2D eigenvalue weighted by molar-refractivity contribution is 0.253. The van der Waals surface area contributed by atoms with E-state index in [2.05, 4.69) is 10.2 Å². The van der Waals surface area contributed by atoms with Gasteiger partial charge in [0, 0.05) is 44.0 Å². The summed E-state index contributed by atoms with van der Waals surface area (Å²) in [6.45, 7) is 4.23. The number of carbonyl (C=O) groups excluding carboxylic acids is 1. The van der Waals surface area contributed by atoms with Crippen LogP contribution in [0.3, 0.4) is 0 Å². The first-order valence-corrected chi connectivity index (χ1v) is 13.4. The first-order chi connectivity index (χ1) is 20.2. The highest BCUT2D eigenvalue weighted by Gasteiger charge is 2.32. The lowest BCUT2D eigenvalue weighted by Crippen LogP contribution is -2.55. The summed E-state index contributed by atoms with van der Waals surface area (Å²) in [4.78, 5) is 36.3. The quantitative estimate of drug-likeness (QED) is 0.348. The molecule has 0 unspecified atom stereocenters. The second-order valence-corrected chi connectivity index (χ2v) is 10.0. The molecule has 1 aliphatic rings. The molecule has 4 aromatic rings. The third-order valence-electron chi connectivity index (χ3n) is 7.32. The summed E-state index contributed by atoms with van der Waals surface area (Å²) in [7, 11) is 4.99. The van der Waals surface area contributed by atoms with E-state index in [0.717, 1.165) is 0 Å². The molecule has 1 aliphatic heterocycles. The second-order valence-electron chi connectivity index (χ2n) is 10.0. The molecular weight excluding hydrogens is 546 g/mol. The molecule has 0 aliphatic carbocycles. The number of hydrogen-bond donors (Lipinski definition) is 1. The molecule has 10 nitrogen and oxygen atoms in total. The number of piperazine rings is 1. The Kier molecular flexibility index (Phi) is 8.25. The van der Waals surface area contributed by atoms with Gasteiger partial charge in [0.15, 0.2) is 5.82 Å². The Morgan fingerprint density at radius 3 is 2.31 bits per heavy atom. The summed E-state index contributed by atoms with van der Waals surface area (Å²) in [5.41, 5.74) is 0.528. The van der Waals surface area contributed by atoms with Gasteiger partial charge in [0.1, 0.15) is 23.1 Å². The number of urea groups is 1. The first-order valence-electron chi connectivity index (χ1n) is 13.4. The van der Waals surface area contributed by atoms with E-state index in [1.54, 1.807) is 25.1 Å². The SMILES string of the molecule is COc1ccc(N(C(=O)Nc2ccc(F)cc2)[C@H](C)c2nc3cc(F)ccc3c(=O)n2N2CCN(C)CC2)c(OC)c1. The van der Waals surface area contributed by atoms with E-state index in [9.17, 15) is 18.4 Å². The molecule has 2 heterocycles. The fourth-order valence-electron chi connectivity index (χ4n) is 5.02. The molecule has 0 saturated carbocycles. The topological polar surface area (TPSA) is 92.2 Å². The van der Waals surface area contributed by atoms with E-state index >= 15 is 0 Å². The molecule has 1 saturated heterocycles. The summed E-state index contributed by atoms with van der Waals surface area (Å²) in [5.74, 6) is 0.0910. The van der Waals surface area contributed by atoms with Crippen LogP contribution in [0.2, 0.25) is 0 Å². The van der Waals surface area contributed by atoms with Gasteiger partial charge in [-0.05, 0) is 62.5 Å². The van der Waals surface area contributed by atoms with Gasteiger partial charge in [-0.25, -0.2) is 23.2 Å². The molecule has 0 bridgehead atoms. The summed E-state index contributed by atoms with van der Waals surface area (Å²) < 4.78 is 40.4. The Balaban J connectivity index is 1.69. The van der Waals surface area contributed by atoms with Crippen molar-refractivity contribution in [2.45, 2.75) is 13.0 Å². The van der Waals surface area contributed by atoms with Crippen LogP contribution in [0.25, 0.3) is 10.9 Å². The molecule has 220 valence electrons. The third kappa shape index (κ3) is 5.70. The van der Waals surface area contributed by atoms with Crippen molar-refractivity contribution in [1.82, 2.24) is 14.6 Å². The first kappa shape index (κ1) is 28.8. The van der Waals surface area contributed by atoms with Crippen LogP contribution >= 0.6 is 0 Å². The molecule has 3 aromatic carbocycles. The van der Waals surface area contributed by atoms with Gasteiger partial charge < -0.3 is 24.7 Å².